The van der Waals surface area contributed by atoms with E-state index in [1.54, 1.807) is 0 Å². The largest absolute Gasteiger partial charge is 0.466 e. The molecule has 0 rings (SSSR count). The average Bonchev–Trinajstić information content (AvgIpc) is 2.90. The fourth-order valence-electron chi connectivity index (χ4n) is 4.99. The van der Waals surface area contributed by atoms with E-state index in [9.17, 15) is 4.79 Å². The number of rotatable bonds is 30. The molecule has 0 N–H and O–H groups in total. The smallest absolute Gasteiger partial charge is 0.305 e. The monoisotopic (exact) mass is 521 g/mol. The van der Waals surface area contributed by atoms with Crippen LogP contribution in [-0.2, 0) is 9.53 Å². The Kier molecular flexibility index (Phi) is 30.8. The second-order valence-corrected chi connectivity index (χ2v) is 11.7. The summed E-state index contributed by atoms with van der Waals surface area (Å²) in [6.07, 6.45) is 39.7. The molecule has 0 saturated carbocycles. The maximum Gasteiger partial charge on any atom is 0.305 e. The van der Waals surface area contributed by atoms with Crippen LogP contribution >= 0.6 is 0 Å². The van der Waals surface area contributed by atoms with Gasteiger partial charge in [0.25, 0.3) is 0 Å². The summed E-state index contributed by atoms with van der Waals surface area (Å²) in [7, 11) is 0. The maximum absolute atomic E-state index is 11.9. The molecule has 0 fully saturated rings. The normalized spacial score (nSPS) is 12.4. The second-order valence-electron chi connectivity index (χ2n) is 11.7. The van der Waals surface area contributed by atoms with E-state index in [0.717, 1.165) is 18.8 Å². The van der Waals surface area contributed by atoms with E-state index in [1.807, 2.05) is 0 Å². The van der Waals surface area contributed by atoms with Gasteiger partial charge in [-0.2, -0.15) is 0 Å². The Balaban J connectivity index is 3.20. The van der Waals surface area contributed by atoms with Crippen molar-refractivity contribution in [2.75, 3.05) is 6.61 Å². The number of allylic oxidation sites excluding steroid dienone is 2. The van der Waals surface area contributed by atoms with E-state index < -0.39 is 0 Å². The maximum atomic E-state index is 11.9. The van der Waals surface area contributed by atoms with Crippen molar-refractivity contribution in [1.29, 1.82) is 0 Å². The molecule has 0 aliphatic carbocycles. The second kappa shape index (κ2) is 31.4. The minimum absolute atomic E-state index is 0.0207. The van der Waals surface area contributed by atoms with Gasteiger partial charge in [0.1, 0.15) is 0 Å². The Morgan fingerprint density at radius 3 is 1.51 bits per heavy atom. The third kappa shape index (κ3) is 31.3. The van der Waals surface area contributed by atoms with Crippen LogP contribution in [0.25, 0.3) is 0 Å². The van der Waals surface area contributed by atoms with Gasteiger partial charge in [-0.15, -0.1) is 0 Å². The highest BCUT2D eigenvalue weighted by Gasteiger charge is 2.03. The van der Waals surface area contributed by atoms with Gasteiger partial charge in [-0.25, -0.2) is 0 Å². The van der Waals surface area contributed by atoms with Gasteiger partial charge in [-0.1, -0.05) is 161 Å². The number of unbranched alkanes of at least 4 members (excludes halogenated alkanes) is 21. The fraction of sp³-hybridized carbons (Fsp3) is 0.914. The Hall–Kier alpha value is -0.790. The summed E-state index contributed by atoms with van der Waals surface area (Å²) in [6, 6.07) is 0. The summed E-state index contributed by atoms with van der Waals surface area (Å²) in [5, 5.41) is 0. The molecule has 0 heterocycles. The highest BCUT2D eigenvalue weighted by atomic mass is 16.5. The van der Waals surface area contributed by atoms with Crippen LogP contribution in [0.3, 0.4) is 0 Å². The average molecular weight is 521 g/mol. The van der Waals surface area contributed by atoms with Crippen molar-refractivity contribution in [2.24, 2.45) is 5.92 Å². The molecule has 0 aromatic carbocycles. The molecule has 1 unspecified atom stereocenters. The molecule has 0 saturated heterocycles. The topological polar surface area (TPSA) is 26.3 Å². The summed E-state index contributed by atoms with van der Waals surface area (Å²) in [6.45, 7) is 7.57. The first-order valence-electron chi connectivity index (χ1n) is 17.0. The van der Waals surface area contributed by atoms with E-state index in [1.165, 1.54) is 154 Å². The zero-order chi connectivity index (χ0) is 27.1. The lowest BCUT2D eigenvalue weighted by molar-refractivity contribution is -0.143. The fourth-order valence-corrected chi connectivity index (χ4v) is 4.99. The third-order valence-electron chi connectivity index (χ3n) is 7.94. The van der Waals surface area contributed by atoms with Gasteiger partial charge >= 0.3 is 5.97 Å². The molecule has 0 spiro atoms. The molecule has 220 valence electrons. The van der Waals surface area contributed by atoms with Crippen molar-refractivity contribution in [1.82, 2.24) is 0 Å². The number of carbonyl (C=O) groups is 1. The van der Waals surface area contributed by atoms with Gasteiger partial charge in [0.2, 0.25) is 0 Å². The van der Waals surface area contributed by atoms with Crippen LogP contribution in [-0.4, -0.2) is 12.6 Å². The molecule has 0 radical (unpaired) electrons. The first-order chi connectivity index (χ1) is 18.2. The molecule has 0 aliphatic rings. The zero-order valence-electron chi connectivity index (χ0n) is 25.8. The van der Waals surface area contributed by atoms with Crippen LogP contribution in [0.2, 0.25) is 0 Å². The molecule has 1 atom stereocenters. The first-order valence-corrected chi connectivity index (χ1v) is 17.0. The highest BCUT2D eigenvalue weighted by Crippen LogP contribution is 2.15. The highest BCUT2D eigenvalue weighted by molar-refractivity contribution is 5.69. The zero-order valence-corrected chi connectivity index (χ0v) is 25.8. The van der Waals surface area contributed by atoms with Gasteiger partial charge in [-0.05, 0) is 44.4 Å². The number of hydrogen-bond acceptors (Lipinski definition) is 2. The molecule has 2 heteroatoms. The van der Waals surface area contributed by atoms with Gasteiger partial charge in [0, 0.05) is 6.42 Å². The van der Waals surface area contributed by atoms with Gasteiger partial charge < -0.3 is 4.74 Å². The molecule has 0 aliphatic heterocycles. The Labute approximate surface area is 234 Å². The van der Waals surface area contributed by atoms with E-state index in [4.69, 9.17) is 4.74 Å². The summed E-state index contributed by atoms with van der Waals surface area (Å²) in [4.78, 5) is 11.9. The van der Waals surface area contributed by atoms with Gasteiger partial charge in [0.15, 0.2) is 0 Å². The Morgan fingerprint density at radius 1 is 0.568 bits per heavy atom. The van der Waals surface area contributed by atoms with E-state index in [2.05, 4.69) is 32.9 Å². The summed E-state index contributed by atoms with van der Waals surface area (Å²) in [5.41, 5.74) is 0. The van der Waals surface area contributed by atoms with Crippen molar-refractivity contribution >= 4 is 5.97 Å². The number of carbonyl (C=O) groups excluding carboxylic acids is 1. The Bertz CT molecular complexity index is 470. The third-order valence-corrected chi connectivity index (χ3v) is 7.94. The molecular weight excluding hydrogens is 452 g/mol. The standard InChI is InChI=1S/C35H68O2/c1-4-6-7-8-9-10-11-12-13-14-15-16-17-20-23-26-29-32-35(36)37-33-30-27-24-21-18-19-22-25-28-31-34(3)5-2/h10-11,34H,4-9,12-33H2,1-3H3. The van der Waals surface area contributed by atoms with Crippen LogP contribution in [0.15, 0.2) is 12.2 Å². The van der Waals surface area contributed by atoms with Crippen LogP contribution in [0.1, 0.15) is 194 Å². The van der Waals surface area contributed by atoms with Crippen molar-refractivity contribution in [3.8, 4) is 0 Å². The van der Waals surface area contributed by atoms with Gasteiger partial charge in [0.05, 0.1) is 6.61 Å². The number of esters is 1. The van der Waals surface area contributed by atoms with E-state index >= 15 is 0 Å². The minimum atomic E-state index is 0.0207. The van der Waals surface area contributed by atoms with Crippen LogP contribution in [0, 0.1) is 5.92 Å². The van der Waals surface area contributed by atoms with Crippen molar-refractivity contribution in [3.63, 3.8) is 0 Å². The van der Waals surface area contributed by atoms with Crippen LogP contribution in [0.5, 0.6) is 0 Å². The Morgan fingerprint density at radius 2 is 1.00 bits per heavy atom. The van der Waals surface area contributed by atoms with Crippen molar-refractivity contribution in [2.45, 2.75) is 194 Å². The van der Waals surface area contributed by atoms with Gasteiger partial charge in [-0.3, -0.25) is 4.79 Å². The van der Waals surface area contributed by atoms with Crippen molar-refractivity contribution < 1.29 is 9.53 Å². The molecule has 0 bridgehead atoms. The number of ether oxygens (including phenoxy) is 1. The van der Waals surface area contributed by atoms with E-state index in [0.29, 0.717) is 13.0 Å². The molecule has 0 aromatic heterocycles. The SMILES string of the molecule is CCCCCCC=CCCCCCCCCCCCC(=O)OCCCCCCCCCCCC(C)CC. The molecule has 37 heavy (non-hydrogen) atoms. The lowest BCUT2D eigenvalue weighted by Crippen LogP contribution is -2.05. The molecule has 2 nitrogen and oxygen atoms in total. The predicted molar refractivity (Wildman–Crippen MR) is 165 cm³/mol. The minimum Gasteiger partial charge on any atom is -0.466 e. The lowest BCUT2D eigenvalue weighted by Gasteiger charge is -2.07. The summed E-state index contributed by atoms with van der Waals surface area (Å²) in [5.74, 6) is 0.929. The lowest BCUT2D eigenvalue weighted by atomic mass is 9.99. The quantitative estimate of drug-likeness (QED) is 0.0534. The molecule has 0 amide bonds. The van der Waals surface area contributed by atoms with Crippen molar-refractivity contribution in [3.05, 3.63) is 12.2 Å². The van der Waals surface area contributed by atoms with Crippen LogP contribution in [0.4, 0.5) is 0 Å². The van der Waals surface area contributed by atoms with Crippen LogP contribution < -0.4 is 0 Å². The molecular formula is C35H68O2. The van der Waals surface area contributed by atoms with E-state index in [-0.39, 0.29) is 5.97 Å². The molecule has 0 aromatic rings. The number of hydrogen-bond donors (Lipinski definition) is 0. The first kappa shape index (κ1) is 36.2. The summed E-state index contributed by atoms with van der Waals surface area (Å²) >= 11 is 0. The summed E-state index contributed by atoms with van der Waals surface area (Å²) < 4.78 is 5.43. The predicted octanol–water partition coefficient (Wildman–Crippen LogP) is 12.3.